The van der Waals surface area contributed by atoms with Crippen LogP contribution in [-0.4, -0.2) is 56.1 Å². The van der Waals surface area contributed by atoms with E-state index >= 15 is 0 Å². The quantitative estimate of drug-likeness (QED) is 0.406. The number of alkyl carbamates (subject to hydrolysis) is 1. The monoisotopic (exact) mass is 631 g/mol. The van der Waals surface area contributed by atoms with Crippen molar-refractivity contribution in [1.29, 1.82) is 0 Å². The van der Waals surface area contributed by atoms with Crippen LogP contribution in [0.1, 0.15) is 76.3 Å². The van der Waals surface area contributed by atoms with Crippen molar-refractivity contribution in [1.82, 2.24) is 30.0 Å². The summed E-state index contributed by atoms with van der Waals surface area (Å²) < 4.78 is 14.4. The second-order valence-corrected chi connectivity index (χ2v) is 12.7. The lowest BCUT2D eigenvalue weighted by molar-refractivity contribution is -0.0372. The molecule has 1 aliphatic carbocycles. The van der Waals surface area contributed by atoms with Crippen LogP contribution >= 0.6 is 22.6 Å². The summed E-state index contributed by atoms with van der Waals surface area (Å²) in [6.07, 6.45) is 11.0. The fourth-order valence-corrected chi connectivity index (χ4v) is 6.72. The van der Waals surface area contributed by atoms with Crippen molar-refractivity contribution in [3.8, 4) is 0 Å². The minimum absolute atomic E-state index is 0.0887. The molecule has 3 aromatic heterocycles. The van der Waals surface area contributed by atoms with Crippen molar-refractivity contribution in [3.63, 3.8) is 0 Å². The zero-order valence-corrected chi connectivity index (χ0v) is 24.3. The van der Waals surface area contributed by atoms with Crippen LogP contribution < -0.4 is 10.2 Å². The van der Waals surface area contributed by atoms with Gasteiger partial charge in [0.05, 0.1) is 12.2 Å². The minimum atomic E-state index is -0.554. The molecule has 1 N–H and O–H groups in total. The van der Waals surface area contributed by atoms with Gasteiger partial charge in [0.15, 0.2) is 15.6 Å². The minimum Gasteiger partial charge on any atom is -0.444 e. The summed E-state index contributed by atoms with van der Waals surface area (Å²) in [5, 5.41) is 7.92. The fourth-order valence-electron chi connectivity index (χ4n) is 6.11. The molecule has 3 aliphatic rings. The number of carbonyl (C=O) groups is 1. The first-order valence-corrected chi connectivity index (χ1v) is 14.5. The van der Waals surface area contributed by atoms with Crippen LogP contribution in [0.15, 0.2) is 24.7 Å². The van der Waals surface area contributed by atoms with Crippen molar-refractivity contribution in [3.05, 3.63) is 39.5 Å². The lowest BCUT2D eigenvalue weighted by Gasteiger charge is -2.43. The summed E-state index contributed by atoms with van der Waals surface area (Å²) in [6, 6.07) is 1.94. The summed E-state index contributed by atoms with van der Waals surface area (Å²) in [5.41, 5.74) is 3.30. The number of piperidine rings is 1. The highest BCUT2D eigenvalue weighted by Crippen LogP contribution is 2.52. The maximum atomic E-state index is 12.8. The molecular formula is C27H34IN7O3. The van der Waals surface area contributed by atoms with E-state index in [2.05, 4.69) is 43.9 Å². The van der Waals surface area contributed by atoms with Crippen molar-refractivity contribution in [2.75, 3.05) is 24.6 Å². The van der Waals surface area contributed by atoms with Crippen LogP contribution in [-0.2, 0) is 15.9 Å². The molecule has 2 atom stereocenters. The fraction of sp³-hybridized carbons (Fsp3) is 0.593. The highest BCUT2D eigenvalue weighted by atomic mass is 127. The number of hydrogen-bond donors (Lipinski definition) is 1. The highest BCUT2D eigenvalue weighted by molar-refractivity contribution is 14.1. The van der Waals surface area contributed by atoms with Gasteiger partial charge in [-0.1, -0.05) is 0 Å². The van der Waals surface area contributed by atoms with Gasteiger partial charge in [-0.3, -0.25) is 4.98 Å². The van der Waals surface area contributed by atoms with Gasteiger partial charge in [-0.15, -0.1) is 0 Å². The Kier molecular flexibility index (Phi) is 6.69. The SMILES string of the molecule is CC(C)(C)OC(=O)N[C@H]1c2cnccc2CC12CCN(c1cnc3c(I)nn(C4CCCCO4)c3n1)CC2. The van der Waals surface area contributed by atoms with E-state index < -0.39 is 5.60 Å². The number of fused-ring (bicyclic) bond motifs is 2. The second kappa shape index (κ2) is 9.89. The Bertz CT molecular complexity index is 1340. The van der Waals surface area contributed by atoms with E-state index in [-0.39, 0.29) is 23.8 Å². The molecule has 2 fully saturated rings. The number of nitrogens with zero attached hydrogens (tertiary/aromatic N) is 6. The normalized spacial score (nSPS) is 23.0. The number of ether oxygens (including phenoxy) is 2. The first kappa shape index (κ1) is 25.7. The maximum absolute atomic E-state index is 12.8. The molecule has 11 heteroatoms. The molecule has 38 heavy (non-hydrogen) atoms. The van der Waals surface area contributed by atoms with Crippen LogP contribution in [0.3, 0.4) is 0 Å². The van der Waals surface area contributed by atoms with E-state index in [1.165, 1.54) is 5.56 Å². The Balaban J connectivity index is 1.23. The van der Waals surface area contributed by atoms with Gasteiger partial charge in [-0.2, -0.15) is 5.10 Å². The van der Waals surface area contributed by atoms with E-state index in [1.54, 1.807) is 0 Å². The Morgan fingerprint density at radius 3 is 2.79 bits per heavy atom. The third-order valence-electron chi connectivity index (χ3n) is 7.93. The summed E-state index contributed by atoms with van der Waals surface area (Å²) in [4.78, 5) is 29.3. The van der Waals surface area contributed by atoms with Gasteiger partial charge < -0.3 is 19.7 Å². The predicted molar refractivity (Wildman–Crippen MR) is 151 cm³/mol. The van der Waals surface area contributed by atoms with Gasteiger partial charge in [0.1, 0.15) is 16.9 Å². The smallest absolute Gasteiger partial charge is 0.408 e. The van der Waals surface area contributed by atoms with Gasteiger partial charge in [0.25, 0.3) is 0 Å². The molecule has 2 saturated heterocycles. The molecule has 0 radical (unpaired) electrons. The molecule has 0 saturated carbocycles. The molecule has 1 unspecified atom stereocenters. The molecule has 202 valence electrons. The highest BCUT2D eigenvalue weighted by Gasteiger charge is 2.49. The average molecular weight is 632 g/mol. The van der Waals surface area contributed by atoms with Crippen molar-refractivity contribution >= 4 is 45.7 Å². The van der Waals surface area contributed by atoms with Gasteiger partial charge in [-0.05, 0) is 99.1 Å². The average Bonchev–Trinajstić information content (AvgIpc) is 3.38. The number of hydrogen-bond acceptors (Lipinski definition) is 8. The summed E-state index contributed by atoms with van der Waals surface area (Å²) in [6.45, 7) is 8.04. The molecule has 3 aromatic rings. The molecule has 1 spiro atoms. The Labute approximate surface area is 236 Å². The number of nitrogens with one attached hydrogen (secondary N) is 1. The number of anilines is 1. The number of pyridine rings is 1. The van der Waals surface area contributed by atoms with Crippen LogP contribution in [0.4, 0.5) is 10.6 Å². The van der Waals surface area contributed by atoms with Gasteiger partial charge in [0.2, 0.25) is 0 Å². The number of carbonyl (C=O) groups excluding carboxylic acids is 1. The number of halogens is 1. The summed E-state index contributed by atoms with van der Waals surface area (Å²) >= 11 is 2.23. The maximum Gasteiger partial charge on any atom is 0.408 e. The van der Waals surface area contributed by atoms with E-state index in [0.29, 0.717) is 0 Å². The first-order chi connectivity index (χ1) is 18.2. The topological polar surface area (TPSA) is 107 Å². The molecule has 0 bridgehead atoms. The van der Waals surface area contributed by atoms with Crippen LogP contribution in [0.5, 0.6) is 0 Å². The molecular weight excluding hydrogens is 597 g/mol. The largest absolute Gasteiger partial charge is 0.444 e. The third-order valence-corrected chi connectivity index (χ3v) is 8.66. The van der Waals surface area contributed by atoms with E-state index in [0.717, 1.165) is 84.5 Å². The van der Waals surface area contributed by atoms with Crippen molar-refractivity contribution in [2.24, 2.45) is 5.41 Å². The lowest BCUT2D eigenvalue weighted by atomic mass is 9.73. The molecule has 5 heterocycles. The summed E-state index contributed by atoms with van der Waals surface area (Å²) in [7, 11) is 0. The zero-order chi connectivity index (χ0) is 26.5. The Hall–Kier alpha value is -2.54. The van der Waals surface area contributed by atoms with Crippen LogP contribution in [0, 0.1) is 9.12 Å². The van der Waals surface area contributed by atoms with E-state index in [1.807, 2.05) is 44.0 Å². The van der Waals surface area contributed by atoms with Crippen LogP contribution in [0.2, 0.25) is 0 Å². The zero-order valence-electron chi connectivity index (χ0n) is 22.1. The standard InChI is InChI=1S/C27H34IN7O3/c1-26(2,3)38-25(36)32-22-18-15-29-10-7-17(18)14-27(22)8-11-34(12-9-27)19-16-30-21-23(28)33-35(24(21)31-19)20-6-4-5-13-37-20/h7,10,15-16,20,22H,4-6,8-9,11-14H2,1-3H3,(H,32,36)/t20?,22-/m0/s1. The Morgan fingerprint density at radius 2 is 2.05 bits per heavy atom. The lowest BCUT2D eigenvalue weighted by Crippen LogP contribution is -2.48. The first-order valence-electron chi connectivity index (χ1n) is 13.4. The summed E-state index contributed by atoms with van der Waals surface area (Å²) in [5.74, 6) is 0.856. The van der Waals surface area contributed by atoms with Gasteiger partial charge >= 0.3 is 6.09 Å². The third kappa shape index (κ3) is 4.83. The van der Waals surface area contributed by atoms with Crippen molar-refractivity contribution < 1.29 is 14.3 Å². The van der Waals surface area contributed by atoms with E-state index in [9.17, 15) is 4.79 Å². The second-order valence-electron chi connectivity index (χ2n) is 11.6. The molecule has 0 aromatic carbocycles. The van der Waals surface area contributed by atoms with Crippen LogP contribution in [0.25, 0.3) is 11.2 Å². The van der Waals surface area contributed by atoms with Gasteiger partial charge in [0, 0.05) is 37.5 Å². The number of amides is 1. The van der Waals surface area contributed by atoms with Crippen molar-refractivity contribution in [2.45, 2.75) is 77.2 Å². The number of rotatable bonds is 3. The molecule has 10 nitrogen and oxygen atoms in total. The molecule has 6 rings (SSSR count). The van der Waals surface area contributed by atoms with Gasteiger partial charge in [-0.25, -0.2) is 19.4 Å². The molecule has 1 amide bonds. The van der Waals surface area contributed by atoms with E-state index in [4.69, 9.17) is 24.5 Å². The predicted octanol–water partition coefficient (Wildman–Crippen LogP) is 4.93. The Morgan fingerprint density at radius 1 is 1.24 bits per heavy atom. The number of aromatic nitrogens is 5. The molecule has 2 aliphatic heterocycles.